The zero-order valence-corrected chi connectivity index (χ0v) is 19.3. The first-order valence-electron chi connectivity index (χ1n) is 11.0. The van der Waals surface area contributed by atoms with Crippen molar-refractivity contribution in [2.75, 3.05) is 25.5 Å². The number of carbonyl (C=O) groups excluding carboxylic acids is 2. The van der Waals surface area contributed by atoms with Gasteiger partial charge < -0.3 is 15.0 Å². The molecule has 1 aliphatic rings. The second-order valence-electron chi connectivity index (χ2n) is 8.06. The lowest BCUT2D eigenvalue weighted by Gasteiger charge is -2.27. The monoisotopic (exact) mass is 448 g/mol. The molecule has 32 heavy (non-hydrogen) atoms. The molecule has 0 saturated carbocycles. The van der Waals surface area contributed by atoms with Crippen LogP contribution in [0.15, 0.2) is 54.6 Å². The summed E-state index contributed by atoms with van der Waals surface area (Å²) in [6, 6.07) is 17.5. The van der Waals surface area contributed by atoms with E-state index in [1.807, 2.05) is 66.4 Å². The summed E-state index contributed by atoms with van der Waals surface area (Å²) in [5.74, 6) is 0.582. The van der Waals surface area contributed by atoms with Gasteiger partial charge in [0.15, 0.2) is 0 Å². The van der Waals surface area contributed by atoms with Crippen LogP contribution >= 0.6 is 11.3 Å². The number of carbonyl (C=O) groups is 2. The Hall–Kier alpha value is -3.12. The topological polar surface area (TPSA) is 58.6 Å². The normalized spacial score (nSPS) is 13.6. The number of nitrogens with zero attached hydrogens (tertiary/aromatic N) is 1. The van der Waals surface area contributed by atoms with Crippen molar-refractivity contribution >= 4 is 28.2 Å². The first-order chi connectivity index (χ1) is 15.6. The average Bonchev–Trinajstić information content (AvgIpc) is 3.15. The molecule has 166 valence electrons. The molecule has 3 aromatic rings. The third-order valence-electron chi connectivity index (χ3n) is 5.79. The van der Waals surface area contributed by atoms with Gasteiger partial charge in [0.2, 0.25) is 5.91 Å². The molecule has 4 rings (SSSR count). The van der Waals surface area contributed by atoms with Gasteiger partial charge >= 0.3 is 0 Å². The Morgan fingerprint density at radius 2 is 1.78 bits per heavy atom. The van der Waals surface area contributed by atoms with Crippen LogP contribution in [0.1, 0.15) is 40.7 Å². The Morgan fingerprint density at radius 1 is 1.03 bits per heavy atom. The van der Waals surface area contributed by atoms with Gasteiger partial charge in [-0.1, -0.05) is 42.5 Å². The van der Waals surface area contributed by atoms with Gasteiger partial charge in [-0.05, 0) is 55.0 Å². The number of hydrogen-bond donors (Lipinski definition) is 1. The number of nitrogens with one attached hydrogen (secondary N) is 1. The van der Waals surface area contributed by atoms with E-state index in [0.717, 1.165) is 59.7 Å². The Morgan fingerprint density at radius 3 is 2.50 bits per heavy atom. The Kier molecular flexibility index (Phi) is 6.90. The van der Waals surface area contributed by atoms with Gasteiger partial charge in [0, 0.05) is 18.0 Å². The van der Waals surface area contributed by atoms with Crippen molar-refractivity contribution in [2.45, 2.75) is 32.6 Å². The number of thiophene rings is 1. The van der Waals surface area contributed by atoms with E-state index in [0.29, 0.717) is 10.6 Å². The smallest absolute Gasteiger partial charge is 0.257 e. The second kappa shape index (κ2) is 10.0. The summed E-state index contributed by atoms with van der Waals surface area (Å²) in [7, 11) is 1.61. The quantitative estimate of drug-likeness (QED) is 0.539. The molecule has 0 unspecified atom stereocenters. The Labute approximate surface area is 193 Å². The van der Waals surface area contributed by atoms with Crippen LogP contribution in [0.4, 0.5) is 5.00 Å². The summed E-state index contributed by atoms with van der Waals surface area (Å²) in [6.07, 6.45) is 3.42. The van der Waals surface area contributed by atoms with Crippen LogP contribution in [0.25, 0.3) is 10.4 Å². The summed E-state index contributed by atoms with van der Waals surface area (Å²) < 4.78 is 5.26. The zero-order chi connectivity index (χ0) is 22.5. The minimum absolute atomic E-state index is 0.0114. The number of anilines is 1. The Bertz CT molecular complexity index is 1100. The first kappa shape index (κ1) is 22.1. The second-order valence-corrected chi connectivity index (χ2v) is 9.08. The van der Waals surface area contributed by atoms with Crippen molar-refractivity contribution in [2.24, 2.45) is 0 Å². The van der Waals surface area contributed by atoms with Crippen molar-refractivity contribution in [1.29, 1.82) is 0 Å². The van der Waals surface area contributed by atoms with E-state index in [2.05, 4.69) is 5.32 Å². The van der Waals surface area contributed by atoms with Crippen LogP contribution in [0, 0.1) is 6.92 Å². The van der Waals surface area contributed by atoms with Crippen molar-refractivity contribution in [3.63, 3.8) is 0 Å². The summed E-state index contributed by atoms with van der Waals surface area (Å²) in [4.78, 5) is 29.3. The van der Waals surface area contributed by atoms with E-state index in [1.54, 1.807) is 7.11 Å². The van der Waals surface area contributed by atoms with Gasteiger partial charge in [-0.2, -0.15) is 0 Å². The predicted molar refractivity (Wildman–Crippen MR) is 130 cm³/mol. The molecule has 0 bridgehead atoms. The first-order valence-corrected chi connectivity index (χ1v) is 11.8. The van der Waals surface area contributed by atoms with E-state index in [4.69, 9.17) is 4.74 Å². The number of amides is 2. The maximum absolute atomic E-state index is 13.5. The highest BCUT2D eigenvalue weighted by atomic mass is 32.1. The fraction of sp³-hybridized carbons (Fsp3) is 0.308. The largest absolute Gasteiger partial charge is 0.497 e. The molecule has 0 radical (unpaired) electrons. The van der Waals surface area contributed by atoms with Crippen LogP contribution in [-0.2, 0) is 11.2 Å². The highest BCUT2D eigenvalue weighted by Crippen LogP contribution is 2.40. The molecule has 0 spiro atoms. The molecule has 0 atom stereocenters. The van der Waals surface area contributed by atoms with Gasteiger partial charge in [-0.25, -0.2) is 0 Å². The minimum Gasteiger partial charge on any atom is -0.497 e. The third kappa shape index (κ3) is 4.86. The molecular weight excluding hydrogens is 420 g/mol. The van der Waals surface area contributed by atoms with E-state index >= 15 is 0 Å². The van der Waals surface area contributed by atoms with Crippen LogP contribution in [0.5, 0.6) is 5.75 Å². The third-order valence-corrected chi connectivity index (χ3v) is 7.05. The fourth-order valence-electron chi connectivity index (χ4n) is 4.12. The van der Waals surface area contributed by atoms with E-state index in [9.17, 15) is 9.59 Å². The van der Waals surface area contributed by atoms with Crippen molar-refractivity contribution < 1.29 is 14.3 Å². The van der Waals surface area contributed by atoms with Gasteiger partial charge in [-0.15, -0.1) is 11.3 Å². The number of rotatable bonds is 6. The molecule has 1 N–H and O–H groups in total. The number of piperidine rings is 1. The van der Waals surface area contributed by atoms with Crippen molar-refractivity contribution in [3.05, 3.63) is 71.3 Å². The van der Waals surface area contributed by atoms with Gasteiger partial charge in [0.05, 0.1) is 19.1 Å². The standard InChI is InChI=1S/C26H28N2O3S/c1-18-23(26(30)28-14-7-4-8-15-28)25(32-24(18)20-11-5-3-6-12-20)27-22(29)17-19-10-9-13-21(16-19)31-2/h3,5-6,9-13,16H,4,7-8,14-15,17H2,1-2H3,(H,27,29). The SMILES string of the molecule is COc1cccc(CC(=O)Nc2sc(-c3ccccc3)c(C)c2C(=O)N2CCCCC2)c1. The summed E-state index contributed by atoms with van der Waals surface area (Å²) in [5.41, 5.74) is 3.46. The lowest BCUT2D eigenvalue weighted by Crippen LogP contribution is -2.36. The molecule has 2 aromatic carbocycles. The maximum atomic E-state index is 13.5. The lowest BCUT2D eigenvalue weighted by molar-refractivity contribution is -0.115. The van der Waals surface area contributed by atoms with Crippen molar-refractivity contribution in [1.82, 2.24) is 4.90 Å². The van der Waals surface area contributed by atoms with E-state index in [1.165, 1.54) is 11.3 Å². The predicted octanol–water partition coefficient (Wildman–Crippen LogP) is 5.54. The highest BCUT2D eigenvalue weighted by Gasteiger charge is 2.27. The summed E-state index contributed by atoms with van der Waals surface area (Å²) >= 11 is 1.47. The fourth-order valence-corrected chi connectivity index (χ4v) is 5.34. The molecule has 2 heterocycles. The van der Waals surface area contributed by atoms with Crippen LogP contribution in [-0.4, -0.2) is 36.9 Å². The lowest BCUT2D eigenvalue weighted by atomic mass is 10.0. The number of likely N-dealkylation sites (tertiary alicyclic amines) is 1. The Balaban J connectivity index is 1.64. The number of ether oxygens (including phenoxy) is 1. The molecule has 1 aliphatic heterocycles. The summed E-state index contributed by atoms with van der Waals surface area (Å²) in [5, 5.41) is 3.67. The molecule has 0 aliphatic carbocycles. The average molecular weight is 449 g/mol. The van der Waals surface area contributed by atoms with E-state index < -0.39 is 0 Å². The molecule has 5 nitrogen and oxygen atoms in total. The zero-order valence-electron chi connectivity index (χ0n) is 18.5. The van der Waals surface area contributed by atoms with Crippen LogP contribution < -0.4 is 10.1 Å². The maximum Gasteiger partial charge on any atom is 0.257 e. The minimum atomic E-state index is -0.146. The highest BCUT2D eigenvalue weighted by molar-refractivity contribution is 7.20. The van der Waals surface area contributed by atoms with Gasteiger partial charge in [0.1, 0.15) is 10.8 Å². The molecule has 1 saturated heterocycles. The summed E-state index contributed by atoms with van der Waals surface area (Å²) in [6.45, 7) is 3.52. The molecule has 1 aromatic heterocycles. The molecular formula is C26H28N2O3S. The van der Waals surface area contributed by atoms with Crippen molar-refractivity contribution in [3.8, 4) is 16.2 Å². The molecule has 2 amide bonds. The molecule has 1 fully saturated rings. The van der Waals surface area contributed by atoms with Gasteiger partial charge in [-0.3, -0.25) is 9.59 Å². The van der Waals surface area contributed by atoms with Crippen LogP contribution in [0.3, 0.4) is 0 Å². The van der Waals surface area contributed by atoms with Crippen LogP contribution in [0.2, 0.25) is 0 Å². The number of benzene rings is 2. The number of hydrogen-bond acceptors (Lipinski definition) is 4. The van der Waals surface area contributed by atoms with Gasteiger partial charge in [0.25, 0.3) is 5.91 Å². The number of methoxy groups -OCH3 is 1. The van der Waals surface area contributed by atoms with E-state index in [-0.39, 0.29) is 18.2 Å². The molecule has 6 heteroatoms.